The predicted molar refractivity (Wildman–Crippen MR) is 119 cm³/mol. The Morgan fingerprint density at radius 3 is 2.31 bits per heavy atom. The Morgan fingerprint density at radius 2 is 1.69 bits per heavy atom. The van der Waals surface area contributed by atoms with Gasteiger partial charge in [0.25, 0.3) is 5.91 Å². The number of benzene rings is 2. The monoisotopic (exact) mass is 394 g/mol. The summed E-state index contributed by atoms with van der Waals surface area (Å²) in [4.78, 5) is 28.9. The van der Waals surface area contributed by atoms with Crippen LogP contribution in [0.1, 0.15) is 53.3 Å². The third-order valence-corrected chi connectivity index (χ3v) is 5.36. The second-order valence-electron chi connectivity index (χ2n) is 7.57. The van der Waals surface area contributed by atoms with Crippen molar-refractivity contribution in [3.63, 3.8) is 0 Å². The van der Waals surface area contributed by atoms with Crippen LogP contribution in [0.3, 0.4) is 0 Å². The fourth-order valence-electron chi connectivity index (χ4n) is 3.73. The van der Waals surface area contributed by atoms with E-state index >= 15 is 0 Å². The number of carbonyl (C=O) groups excluding carboxylic acids is 2. The number of nitrogens with zero attached hydrogens (tertiary/aromatic N) is 2. The highest BCUT2D eigenvalue weighted by atomic mass is 16.2. The zero-order valence-electron chi connectivity index (χ0n) is 17.3. The number of amides is 2. The van der Waals surface area contributed by atoms with Crippen LogP contribution in [0.15, 0.2) is 42.5 Å². The molecule has 1 fully saturated rings. The average molecular weight is 395 g/mol. The van der Waals surface area contributed by atoms with Crippen LogP contribution in [0.5, 0.6) is 0 Å². The highest BCUT2D eigenvalue weighted by Gasteiger charge is 2.18. The Hall–Kier alpha value is -3.02. The van der Waals surface area contributed by atoms with Gasteiger partial charge in [0.05, 0.1) is 11.4 Å². The fraction of sp³-hybridized carbons (Fsp3) is 0.391. The summed E-state index contributed by atoms with van der Waals surface area (Å²) < 4.78 is 0. The molecule has 0 bridgehead atoms. The third-order valence-electron chi connectivity index (χ3n) is 5.36. The van der Waals surface area contributed by atoms with E-state index in [-0.39, 0.29) is 5.91 Å². The van der Waals surface area contributed by atoms with Crippen LogP contribution in [0.25, 0.3) is 0 Å². The smallest absolute Gasteiger partial charge is 0.255 e. The van der Waals surface area contributed by atoms with Crippen LogP contribution in [-0.4, -0.2) is 38.5 Å². The molecule has 2 aromatic carbocycles. The number of piperidine rings is 1. The largest absolute Gasteiger partial charge is 0.375 e. The molecule has 0 unspecified atom stereocenters. The van der Waals surface area contributed by atoms with Gasteiger partial charge in [0.15, 0.2) is 0 Å². The molecule has 154 valence electrons. The number of hydrogen-bond donors (Lipinski definition) is 2. The van der Waals surface area contributed by atoms with Gasteiger partial charge in [0.1, 0.15) is 0 Å². The van der Waals surface area contributed by atoms with Gasteiger partial charge in [0, 0.05) is 43.5 Å². The van der Waals surface area contributed by atoms with Gasteiger partial charge in [0.2, 0.25) is 5.91 Å². The summed E-state index contributed by atoms with van der Waals surface area (Å²) in [6.07, 6.45) is 4.53. The Labute approximate surface area is 172 Å². The minimum absolute atomic E-state index is 0.199. The molecule has 0 radical (unpaired) electrons. The summed E-state index contributed by atoms with van der Waals surface area (Å²) in [7, 11) is 2.04. The van der Waals surface area contributed by atoms with Crippen molar-refractivity contribution >= 4 is 28.9 Å². The van der Waals surface area contributed by atoms with Crippen LogP contribution < -0.4 is 20.9 Å². The number of anilines is 3. The molecule has 0 saturated carbocycles. The molecule has 0 aromatic heterocycles. The second kappa shape index (κ2) is 9.45. The summed E-state index contributed by atoms with van der Waals surface area (Å²) in [6, 6.07) is 12.8. The molecule has 1 saturated heterocycles. The summed E-state index contributed by atoms with van der Waals surface area (Å²) in [5, 5.41) is 2.99. The Kier molecular flexibility index (Phi) is 6.75. The molecule has 29 heavy (non-hydrogen) atoms. The van der Waals surface area contributed by atoms with Crippen LogP contribution in [-0.2, 0) is 0 Å². The van der Waals surface area contributed by atoms with Gasteiger partial charge in [-0.3, -0.25) is 9.59 Å². The van der Waals surface area contributed by atoms with Crippen molar-refractivity contribution in [2.45, 2.75) is 32.6 Å². The molecule has 0 spiro atoms. The van der Waals surface area contributed by atoms with Crippen LogP contribution in [0, 0.1) is 0 Å². The number of rotatable bonds is 7. The first-order valence-corrected chi connectivity index (χ1v) is 10.3. The molecule has 3 N–H and O–H groups in total. The van der Waals surface area contributed by atoms with E-state index < -0.39 is 5.91 Å². The molecular weight excluding hydrogens is 364 g/mol. The summed E-state index contributed by atoms with van der Waals surface area (Å²) in [5.41, 5.74) is 9.05. The topological polar surface area (TPSA) is 78.7 Å². The van der Waals surface area contributed by atoms with Gasteiger partial charge in [-0.25, -0.2) is 0 Å². The third kappa shape index (κ3) is 5.08. The first-order valence-electron chi connectivity index (χ1n) is 10.3. The Balaban J connectivity index is 1.82. The molecule has 3 rings (SSSR count). The zero-order chi connectivity index (χ0) is 20.8. The van der Waals surface area contributed by atoms with Crippen molar-refractivity contribution < 1.29 is 9.59 Å². The highest BCUT2D eigenvalue weighted by Crippen LogP contribution is 2.30. The Bertz CT molecular complexity index is 858. The van der Waals surface area contributed by atoms with E-state index in [0.29, 0.717) is 16.8 Å². The van der Waals surface area contributed by atoms with Crippen molar-refractivity contribution in [3.8, 4) is 0 Å². The molecule has 1 aliphatic rings. The molecule has 2 aromatic rings. The number of nitrogens with two attached hydrogens (primary N) is 1. The molecular formula is C23H30N4O2. The number of carbonyl (C=O) groups is 2. The highest BCUT2D eigenvalue weighted by molar-refractivity contribution is 6.07. The predicted octanol–water partition coefficient (Wildman–Crippen LogP) is 3.87. The maximum atomic E-state index is 12.9. The zero-order valence-corrected chi connectivity index (χ0v) is 17.3. The molecule has 0 atom stereocenters. The van der Waals surface area contributed by atoms with Gasteiger partial charge >= 0.3 is 0 Å². The number of nitrogens with one attached hydrogen (secondary N) is 1. The molecule has 2 amide bonds. The number of hydrogen-bond acceptors (Lipinski definition) is 4. The van der Waals surface area contributed by atoms with E-state index in [0.717, 1.165) is 50.3 Å². The normalized spacial score (nSPS) is 13.8. The average Bonchev–Trinajstić information content (AvgIpc) is 2.74. The molecule has 6 nitrogen and oxygen atoms in total. The van der Waals surface area contributed by atoms with E-state index in [2.05, 4.69) is 22.0 Å². The van der Waals surface area contributed by atoms with E-state index in [4.69, 9.17) is 5.73 Å². The van der Waals surface area contributed by atoms with Crippen molar-refractivity contribution in [2.24, 2.45) is 5.73 Å². The van der Waals surface area contributed by atoms with E-state index in [1.165, 1.54) is 6.42 Å². The first kappa shape index (κ1) is 20.7. The number of primary amides is 1. The van der Waals surface area contributed by atoms with Crippen molar-refractivity contribution in [1.29, 1.82) is 0 Å². The van der Waals surface area contributed by atoms with Crippen LogP contribution >= 0.6 is 0 Å². The maximum absolute atomic E-state index is 12.9. The molecule has 1 aliphatic heterocycles. The lowest BCUT2D eigenvalue weighted by molar-refractivity contribution is 0.0996. The van der Waals surface area contributed by atoms with Gasteiger partial charge in [-0.2, -0.15) is 0 Å². The van der Waals surface area contributed by atoms with Crippen LogP contribution in [0.2, 0.25) is 0 Å². The molecule has 0 aliphatic carbocycles. The lowest BCUT2D eigenvalue weighted by Crippen LogP contribution is -2.30. The quantitative estimate of drug-likeness (QED) is 0.747. The molecule has 6 heteroatoms. The van der Waals surface area contributed by atoms with Crippen molar-refractivity contribution in [1.82, 2.24) is 0 Å². The van der Waals surface area contributed by atoms with Gasteiger partial charge in [-0.05, 0) is 68.1 Å². The van der Waals surface area contributed by atoms with E-state index in [1.807, 2.05) is 37.4 Å². The Morgan fingerprint density at radius 1 is 1.03 bits per heavy atom. The van der Waals surface area contributed by atoms with E-state index in [1.54, 1.807) is 12.1 Å². The molecule has 1 heterocycles. The SMILES string of the molecule is CCCN(C)c1ccc(C(=O)Nc2cc(C(N)=O)ccc2N2CCCCC2)cc1. The first-order chi connectivity index (χ1) is 14.0. The lowest BCUT2D eigenvalue weighted by atomic mass is 10.1. The van der Waals surface area contributed by atoms with Gasteiger partial charge in [-0.15, -0.1) is 0 Å². The van der Waals surface area contributed by atoms with Crippen molar-refractivity contribution in [2.75, 3.05) is 41.8 Å². The van der Waals surface area contributed by atoms with Crippen LogP contribution in [0.4, 0.5) is 17.1 Å². The minimum atomic E-state index is -0.506. The second-order valence-corrected chi connectivity index (χ2v) is 7.57. The summed E-state index contributed by atoms with van der Waals surface area (Å²) >= 11 is 0. The summed E-state index contributed by atoms with van der Waals surface area (Å²) in [5.74, 6) is -0.705. The van der Waals surface area contributed by atoms with E-state index in [9.17, 15) is 9.59 Å². The standard InChI is InChI=1S/C23H30N4O2/c1-3-13-26(2)19-10-7-17(8-11-19)23(29)25-20-16-18(22(24)28)9-12-21(20)27-14-5-4-6-15-27/h7-12,16H,3-6,13-15H2,1-2H3,(H2,24,28)(H,25,29). The van der Waals surface area contributed by atoms with Gasteiger partial charge in [-0.1, -0.05) is 6.92 Å². The van der Waals surface area contributed by atoms with Gasteiger partial charge < -0.3 is 20.9 Å². The fourth-order valence-corrected chi connectivity index (χ4v) is 3.73. The maximum Gasteiger partial charge on any atom is 0.255 e. The summed E-state index contributed by atoms with van der Waals surface area (Å²) in [6.45, 7) is 4.98. The lowest BCUT2D eigenvalue weighted by Gasteiger charge is -2.30. The van der Waals surface area contributed by atoms with Crippen molar-refractivity contribution in [3.05, 3.63) is 53.6 Å². The minimum Gasteiger partial charge on any atom is -0.375 e.